The molecule has 0 fully saturated rings. The predicted octanol–water partition coefficient (Wildman–Crippen LogP) is 6.02. The van der Waals surface area contributed by atoms with E-state index in [1.165, 1.54) is 0 Å². The van der Waals surface area contributed by atoms with Gasteiger partial charge in [0.1, 0.15) is 17.3 Å². The fraction of sp³-hybridized carbons (Fsp3) is 0.174. The van der Waals surface area contributed by atoms with Crippen LogP contribution in [0.1, 0.15) is 20.8 Å². The second kappa shape index (κ2) is 6.54. The zero-order valence-corrected chi connectivity index (χ0v) is 15.7. The maximum Gasteiger partial charge on any atom is 0.140 e. The van der Waals surface area contributed by atoms with Crippen LogP contribution in [0.5, 0.6) is 0 Å². The number of pyridine rings is 1. The number of aromatic nitrogens is 2. The first-order valence-corrected chi connectivity index (χ1v) is 9.03. The summed E-state index contributed by atoms with van der Waals surface area (Å²) < 4.78 is 17.2. The van der Waals surface area contributed by atoms with Crippen molar-refractivity contribution in [3.63, 3.8) is 0 Å². The summed E-state index contributed by atoms with van der Waals surface area (Å²) in [4.78, 5) is 4.65. The number of anilines is 1. The van der Waals surface area contributed by atoms with Gasteiger partial charge in [-0.05, 0) is 44.5 Å². The van der Waals surface area contributed by atoms with Gasteiger partial charge in [0.2, 0.25) is 0 Å². The van der Waals surface area contributed by atoms with Gasteiger partial charge in [-0.15, -0.1) is 0 Å². The zero-order valence-electron chi connectivity index (χ0n) is 15.7. The Morgan fingerprint density at radius 2 is 1.56 bits per heavy atom. The number of halogens is 1. The van der Waals surface area contributed by atoms with E-state index in [2.05, 4.69) is 31.1 Å². The molecule has 4 heteroatoms. The van der Waals surface area contributed by atoms with Crippen LogP contribution in [0.25, 0.3) is 28.0 Å². The molecule has 136 valence electrons. The Kier molecular flexibility index (Phi) is 4.19. The van der Waals surface area contributed by atoms with Crippen LogP contribution >= 0.6 is 0 Å². The number of fused-ring (bicyclic) bond motifs is 1. The molecule has 0 amide bonds. The summed E-state index contributed by atoms with van der Waals surface area (Å²) >= 11 is 0. The maximum atomic E-state index is 15.3. The molecule has 0 bridgehead atoms. The first kappa shape index (κ1) is 17.3. The fourth-order valence-corrected chi connectivity index (χ4v) is 3.20. The van der Waals surface area contributed by atoms with E-state index in [1.54, 1.807) is 12.1 Å². The zero-order chi connectivity index (χ0) is 19.0. The summed E-state index contributed by atoms with van der Waals surface area (Å²) in [7, 11) is 0. The topological polar surface area (TPSA) is 29.3 Å². The summed E-state index contributed by atoms with van der Waals surface area (Å²) in [5.74, 6) is 0.677. The Balaban J connectivity index is 1.83. The molecular formula is C23H22FN3. The standard InChI is InChI=1S/C23H22FN3/c1-23(2,3)26-21-14-8-13-20-25-19(15-27(20)21)18-12-7-11-17(22(18)24)16-9-5-4-6-10-16/h4-15,26H,1-3H3. The van der Waals surface area contributed by atoms with Crippen LogP contribution in [0.2, 0.25) is 0 Å². The van der Waals surface area contributed by atoms with E-state index in [4.69, 9.17) is 0 Å². The summed E-state index contributed by atoms with van der Waals surface area (Å²) in [6.07, 6.45) is 1.89. The summed E-state index contributed by atoms with van der Waals surface area (Å²) in [5, 5.41) is 3.47. The summed E-state index contributed by atoms with van der Waals surface area (Å²) in [5.41, 5.74) is 3.25. The van der Waals surface area contributed by atoms with Crippen LogP contribution in [-0.4, -0.2) is 14.9 Å². The van der Waals surface area contributed by atoms with Gasteiger partial charge in [-0.1, -0.05) is 48.5 Å². The molecule has 0 aliphatic heterocycles. The van der Waals surface area contributed by atoms with Gasteiger partial charge in [0.15, 0.2) is 0 Å². The van der Waals surface area contributed by atoms with Crippen LogP contribution in [-0.2, 0) is 0 Å². The number of imidazole rings is 1. The van der Waals surface area contributed by atoms with Gasteiger partial charge in [-0.2, -0.15) is 0 Å². The molecule has 2 aromatic carbocycles. The van der Waals surface area contributed by atoms with Crippen molar-refractivity contribution in [2.75, 3.05) is 5.32 Å². The minimum atomic E-state index is -0.252. The highest BCUT2D eigenvalue weighted by molar-refractivity contribution is 5.74. The molecule has 0 spiro atoms. The van der Waals surface area contributed by atoms with Gasteiger partial charge >= 0.3 is 0 Å². The van der Waals surface area contributed by atoms with E-state index in [9.17, 15) is 0 Å². The highest BCUT2D eigenvalue weighted by Gasteiger charge is 2.16. The third-order valence-electron chi connectivity index (χ3n) is 4.35. The van der Waals surface area contributed by atoms with Crippen LogP contribution in [0.4, 0.5) is 10.2 Å². The van der Waals surface area contributed by atoms with E-state index >= 15 is 4.39 Å². The van der Waals surface area contributed by atoms with Crippen molar-refractivity contribution in [2.24, 2.45) is 0 Å². The molecule has 0 radical (unpaired) electrons. The number of nitrogens with zero attached hydrogens (tertiary/aromatic N) is 2. The Hall–Kier alpha value is -3.14. The van der Waals surface area contributed by atoms with Gasteiger partial charge in [0, 0.05) is 22.9 Å². The number of hydrogen-bond acceptors (Lipinski definition) is 2. The van der Waals surface area contributed by atoms with Gasteiger partial charge in [0.25, 0.3) is 0 Å². The minimum Gasteiger partial charge on any atom is -0.367 e. The molecule has 0 atom stereocenters. The number of benzene rings is 2. The highest BCUT2D eigenvalue weighted by Crippen LogP contribution is 2.31. The third kappa shape index (κ3) is 3.43. The van der Waals surface area contributed by atoms with Gasteiger partial charge in [-0.25, -0.2) is 9.37 Å². The second-order valence-corrected chi connectivity index (χ2v) is 7.67. The fourth-order valence-electron chi connectivity index (χ4n) is 3.20. The first-order valence-electron chi connectivity index (χ1n) is 9.03. The van der Waals surface area contributed by atoms with E-state index in [1.807, 2.05) is 65.2 Å². The third-order valence-corrected chi connectivity index (χ3v) is 4.35. The summed E-state index contributed by atoms with van der Waals surface area (Å²) in [6.45, 7) is 6.31. The smallest absolute Gasteiger partial charge is 0.140 e. The number of hydrogen-bond donors (Lipinski definition) is 1. The Morgan fingerprint density at radius 1 is 0.852 bits per heavy atom. The molecule has 0 aliphatic carbocycles. The molecule has 1 N–H and O–H groups in total. The molecule has 0 saturated heterocycles. The highest BCUT2D eigenvalue weighted by atomic mass is 19.1. The SMILES string of the molecule is CC(C)(C)Nc1cccc2nc(-c3cccc(-c4ccccc4)c3F)cn12. The van der Waals surface area contributed by atoms with Crippen molar-refractivity contribution in [3.8, 4) is 22.4 Å². The van der Waals surface area contributed by atoms with Crippen molar-refractivity contribution in [1.29, 1.82) is 0 Å². The van der Waals surface area contributed by atoms with Crippen LogP contribution in [0.3, 0.4) is 0 Å². The molecule has 27 heavy (non-hydrogen) atoms. The second-order valence-electron chi connectivity index (χ2n) is 7.67. The van der Waals surface area contributed by atoms with Crippen molar-refractivity contribution in [1.82, 2.24) is 9.38 Å². The van der Waals surface area contributed by atoms with Crippen molar-refractivity contribution in [3.05, 3.63) is 78.7 Å². The van der Waals surface area contributed by atoms with E-state index < -0.39 is 0 Å². The quantitative estimate of drug-likeness (QED) is 0.485. The Morgan fingerprint density at radius 3 is 2.30 bits per heavy atom. The van der Waals surface area contributed by atoms with Crippen molar-refractivity contribution in [2.45, 2.75) is 26.3 Å². The molecule has 3 nitrogen and oxygen atoms in total. The molecule has 2 aromatic heterocycles. The molecule has 4 aromatic rings. The maximum absolute atomic E-state index is 15.3. The van der Waals surface area contributed by atoms with Gasteiger partial charge in [0.05, 0.1) is 5.69 Å². The lowest BCUT2D eigenvalue weighted by Crippen LogP contribution is -2.27. The van der Waals surface area contributed by atoms with Gasteiger partial charge in [-0.3, -0.25) is 4.40 Å². The van der Waals surface area contributed by atoms with Crippen LogP contribution < -0.4 is 5.32 Å². The predicted molar refractivity (Wildman–Crippen MR) is 109 cm³/mol. The number of rotatable bonds is 3. The summed E-state index contributed by atoms with van der Waals surface area (Å²) in [6, 6.07) is 20.9. The van der Waals surface area contributed by atoms with Gasteiger partial charge < -0.3 is 5.32 Å². The monoisotopic (exact) mass is 359 g/mol. The molecule has 4 rings (SSSR count). The van der Waals surface area contributed by atoms with Crippen LogP contribution in [0.15, 0.2) is 72.9 Å². The normalized spacial score (nSPS) is 11.7. The van der Waals surface area contributed by atoms with E-state index in [0.717, 1.165) is 17.0 Å². The van der Waals surface area contributed by atoms with Crippen LogP contribution in [0, 0.1) is 5.82 Å². The number of nitrogens with one attached hydrogen (secondary N) is 1. The average Bonchev–Trinajstić information content (AvgIpc) is 3.06. The molecule has 0 aliphatic rings. The largest absolute Gasteiger partial charge is 0.367 e. The van der Waals surface area contributed by atoms with E-state index in [0.29, 0.717) is 16.8 Å². The lowest BCUT2D eigenvalue weighted by atomic mass is 10.0. The lowest BCUT2D eigenvalue weighted by Gasteiger charge is -2.22. The average molecular weight is 359 g/mol. The minimum absolute atomic E-state index is 0.0861. The molecule has 2 heterocycles. The molecule has 0 saturated carbocycles. The molecule has 0 unspecified atom stereocenters. The lowest BCUT2D eigenvalue weighted by molar-refractivity contribution is 0.628. The molecular weight excluding hydrogens is 337 g/mol. The van der Waals surface area contributed by atoms with Crippen molar-refractivity contribution >= 4 is 11.5 Å². The van der Waals surface area contributed by atoms with Crippen molar-refractivity contribution < 1.29 is 4.39 Å². The Labute approximate surface area is 158 Å². The first-order chi connectivity index (χ1) is 12.9. The van der Waals surface area contributed by atoms with E-state index in [-0.39, 0.29) is 11.4 Å². The Bertz CT molecular complexity index is 1090.